The lowest BCUT2D eigenvalue weighted by atomic mass is 10.1. The number of rotatable bonds is 3. The molecule has 7 nitrogen and oxygen atoms in total. The number of likely N-dealkylation sites (N-methyl/N-ethyl adjacent to an activating group) is 1. The van der Waals surface area contributed by atoms with Gasteiger partial charge in [-0.05, 0) is 48.4 Å². The zero-order valence-electron chi connectivity index (χ0n) is 17.3. The first-order chi connectivity index (χ1) is 15.0. The molecule has 0 saturated carbocycles. The van der Waals surface area contributed by atoms with Gasteiger partial charge in [-0.1, -0.05) is 6.07 Å². The predicted octanol–water partition coefficient (Wildman–Crippen LogP) is 3.54. The number of fused-ring (bicyclic) bond motifs is 2. The van der Waals surface area contributed by atoms with Gasteiger partial charge >= 0.3 is 0 Å². The molecule has 5 rings (SSSR count). The zero-order valence-corrected chi connectivity index (χ0v) is 17.3. The van der Waals surface area contributed by atoms with Gasteiger partial charge in [0.15, 0.2) is 5.65 Å². The molecule has 1 aliphatic rings. The minimum atomic E-state index is -0.234. The largest absolute Gasteiger partial charge is 0.374 e. The van der Waals surface area contributed by atoms with E-state index in [0.717, 1.165) is 24.2 Å². The molecule has 2 aromatic carbocycles. The topological polar surface area (TPSA) is 77.5 Å². The quantitative estimate of drug-likeness (QED) is 0.518. The van der Waals surface area contributed by atoms with Crippen molar-refractivity contribution in [1.82, 2.24) is 14.4 Å². The van der Waals surface area contributed by atoms with E-state index in [9.17, 15) is 4.79 Å². The molecule has 0 aliphatic carbocycles. The molecule has 3 heterocycles. The van der Waals surface area contributed by atoms with Crippen molar-refractivity contribution < 1.29 is 4.79 Å². The molecule has 0 radical (unpaired) electrons. The van der Waals surface area contributed by atoms with E-state index in [2.05, 4.69) is 46.2 Å². The summed E-state index contributed by atoms with van der Waals surface area (Å²) in [5, 5.41) is 8.97. The van der Waals surface area contributed by atoms with Crippen LogP contribution in [0.2, 0.25) is 0 Å². The second kappa shape index (κ2) is 7.26. The third kappa shape index (κ3) is 3.19. The number of hydrogen-bond donors (Lipinski definition) is 0. The Hall–Kier alpha value is -4.18. The summed E-state index contributed by atoms with van der Waals surface area (Å²) < 4.78 is 1.91. The van der Waals surface area contributed by atoms with Gasteiger partial charge < -0.3 is 9.80 Å². The van der Waals surface area contributed by atoms with E-state index in [1.807, 2.05) is 10.6 Å². The van der Waals surface area contributed by atoms with Crippen LogP contribution in [0, 0.1) is 11.3 Å². The first-order valence-electron chi connectivity index (χ1n) is 10.0. The number of nitriles is 1. The highest BCUT2D eigenvalue weighted by Crippen LogP contribution is 2.31. The summed E-state index contributed by atoms with van der Waals surface area (Å²) in [7, 11) is 3.80. The van der Waals surface area contributed by atoms with Crippen LogP contribution in [0.1, 0.15) is 21.6 Å². The fourth-order valence-corrected chi connectivity index (χ4v) is 3.99. The molecule has 7 heteroatoms. The van der Waals surface area contributed by atoms with Gasteiger partial charge in [0.2, 0.25) is 0 Å². The molecule has 4 aromatic rings. The summed E-state index contributed by atoms with van der Waals surface area (Å²) in [5.74, 6) is -0.234. The summed E-state index contributed by atoms with van der Waals surface area (Å²) in [6.07, 6.45) is 6.19. The average molecular weight is 408 g/mol. The lowest BCUT2D eigenvalue weighted by molar-refractivity contribution is 0.0988. The molecule has 0 unspecified atom stereocenters. The van der Waals surface area contributed by atoms with Crippen molar-refractivity contribution in [2.24, 2.45) is 0 Å². The highest BCUT2D eigenvalue weighted by atomic mass is 16.2. The van der Waals surface area contributed by atoms with Crippen LogP contribution in [0.25, 0.3) is 16.9 Å². The number of nitrogens with zero attached hydrogens (tertiary/aromatic N) is 6. The zero-order chi connectivity index (χ0) is 21.5. The van der Waals surface area contributed by atoms with Gasteiger partial charge in [0, 0.05) is 43.8 Å². The molecule has 0 fully saturated rings. The number of amides is 1. The van der Waals surface area contributed by atoms with Gasteiger partial charge in [0.05, 0.1) is 29.7 Å². The Labute approximate surface area is 179 Å². The van der Waals surface area contributed by atoms with Crippen LogP contribution < -0.4 is 9.80 Å². The Morgan fingerprint density at radius 2 is 1.94 bits per heavy atom. The summed E-state index contributed by atoms with van der Waals surface area (Å²) in [6, 6.07) is 15.4. The van der Waals surface area contributed by atoms with E-state index < -0.39 is 0 Å². The lowest BCUT2D eigenvalue weighted by Crippen LogP contribution is -2.27. The van der Waals surface area contributed by atoms with Crippen LogP contribution in [0.3, 0.4) is 0 Å². The molecule has 152 valence electrons. The SMILES string of the molecule is CN1CCc2cc(-c3cnc4cnc(C(=O)N(C)c5ccc(C#N)cc5)cn34)ccc21. The van der Waals surface area contributed by atoms with E-state index >= 15 is 0 Å². The van der Waals surface area contributed by atoms with Crippen molar-refractivity contribution >= 4 is 22.9 Å². The highest BCUT2D eigenvalue weighted by molar-refractivity contribution is 6.04. The number of carbonyl (C=O) groups is 1. The van der Waals surface area contributed by atoms with Crippen molar-refractivity contribution in [2.45, 2.75) is 6.42 Å². The Bertz CT molecular complexity index is 1350. The summed E-state index contributed by atoms with van der Waals surface area (Å²) in [6.45, 7) is 1.02. The van der Waals surface area contributed by atoms with Crippen LogP contribution in [-0.2, 0) is 6.42 Å². The van der Waals surface area contributed by atoms with E-state index in [0.29, 0.717) is 22.6 Å². The minimum absolute atomic E-state index is 0.234. The normalized spacial score (nSPS) is 12.6. The third-order valence-electron chi connectivity index (χ3n) is 5.81. The standard InChI is InChI=1S/C24H20N6O/c1-28-10-9-18-11-17(5-8-21(18)28)22-13-27-23-14-26-20(15-30(22)23)24(31)29(2)19-6-3-16(12-25)4-7-19/h3-8,11,13-15H,9-10H2,1-2H3. The summed E-state index contributed by atoms with van der Waals surface area (Å²) >= 11 is 0. The molecule has 1 aliphatic heterocycles. The molecule has 31 heavy (non-hydrogen) atoms. The van der Waals surface area contributed by atoms with Gasteiger partial charge in [0.25, 0.3) is 5.91 Å². The van der Waals surface area contributed by atoms with Crippen LogP contribution >= 0.6 is 0 Å². The molecule has 0 spiro atoms. The fourth-order valence-electron chi connectivity index (χ4n) is 3.99. The Morgan fingerprint density at radius 3 is 2.71 bits per heavy atom. The first kappa shape index (κ1) is 18.8. The summed E-state index contributed by atoms with van der Waals surface area (Å²) in [5.41, 5.74) is 6.81. The van der Waals surface area contributed by atoms with Gasteiger partial charge in [-0.15, -0.1) is 0 Å². The van der Waals surface area contributed by atoms with Gasteiger partial charge in [-0.3, -0.25) is 9.20 Å². The smallest absolute Gasteiger partial charge is 0.278 e. The monoisotopic (exact) mass is 408 g/mol. The number of anilines is 2. The minimum Gasteiger partial charge on any atom is -0.374 e. The summed E-state index contributed by atoms with van der Waals surface area (Å²) in [4.78, 5) is 25.6. The number of carbonyl (C=O) groups excluding carboxylic acids is 1. The van der Waals surface area contributed by atoms with Crippen molar-refractivity contribution in [3.63, 3.8) is 0 Å². The number of hydrogen-bond acceptors (Lipinski definition) is 5. The molecule has 0 saturated heterocycles. The van der Waals surface area contributed by atoms with Crippen LogP contribution in [0.15, 0.2) is 61.1 Å². The second-order valence-electron chi connectivity index (χ2n) is 7.68. The van der Waals surface area contributed by atoms with E-state index in [1.54, 1.807) is 43.7 Å². The van der Waals surface area contributed by atoms with Gasteiger partial charge in [-0.2, -0.15) is 5.26 Å². The Morgan fingerprint density at radius 1 is 1.13 bits per heavy atom. The van der Waals surface area contributed by atoms with E-state index in [-0.39, 0.29) is 5.91 Å². The van der Waals surface area contributed by atoms with Gasteiger partial charge in [-0.25, -0.2) is 9.97 Å². The van der Waals surface area contributed by atoms with Crippen LogP contribution in [0.4, 0.5) is 11.4 Å². The maximum Gasteiger partial charge on any atom is 0.278 e. The third-order valence-corrected chi connectivity index (χ3v) is 5.81. The molecule has 0 atom stereocenters. The Kier molecular flexibility index (Phi) is 4.41. The molecular weight excluding hydrogens is 388 g/mol. The van der Waals surface area contributed by atoms with E-state index in [4.69, 9.17) is 5.26 Å². The number of aromatic nitrogens is 3. The maximum absolute atomic E-state index is 13.1. The van der Waals surface area contributed by atoms with Crippen molar-refractivity contribution in [3.8, 4) is 17.3 Å². The highest BCUT2D eigenvalue weighted by Gasteiger charge is 2.19. The van der Waals surface area contributed by atoms with Crippen molar-refractivity contribution in [3.05, 3.63) is 77.9 Å². The lowest BCUT2D eigenvalue weighted by Gasteiger charge is -2.17. The fraction of sp³-hybridized carbons (Fsp3) is 0.167. The number of imidazole rings is 1. The maximum atomic E-state index is 13.1. The Balaban J connectivity index is 1.50. The second-order valence-corrected chi connectivity index (χ2v) is 7.68. The molecule has 0 bridgehead atoms. The van der Waals surface area contributed by atoms with Gasteiger partial charge in [0.1, 0.15) is 5.69 Å². The molecule has 1 amide bonds. The molecule has 0 N–H and O–H groups in total. The van der Waals surface area contributed by atoms with E-state index in [1.165, 1.54) is 16.2 Å². The average Bonchev–Trinajstić information content (AvgIpc) is 3.41. The van der Waals surface area contributed by atoms with Crippen molar-refractivity contribution in [2.75, 3.05) is 30.4 Å². The molecule has 2 aromatic heterocycles. The van der Waals surface area contributed by atoms with Crippen LogP contribution in [-0.4, -0.2) is 40.9 Å². The first-order valence-corrected chi connectivity index (χ1v) is 10.0. The molecular formula is C24H20N6O. The van der Waals surface area contributed by atoms with Crippen molar-refractivity contribution in [1.29, 1.82) is 5.26 Å². The predicted molar refractivity (Wildman–Crippen MR) is 119 cm³/mol. The number of benzene rings is 2. The van der Waals surface area contributed by atoms with Crippen LogP contribution in [0.5, 0.6) is 0 Å².